The second-order valence-electron chi connectivity index (χ2n) is 6.92. The van der Waals surface area contributed by atoms with Crippen LogP contribution in [0.4, 0.5) is 5.69 Å². The van der Waals surface area contributed by atoms with Gasteiger partial charge in [0.05, 0.1) is 5.75 Å². The lowest BCUT2D eigenvalue weighted by Gasteiger charge is -2.06. The minimum absolute atomic E-state index is 0.0630. The highest BCUT2D eigenvalue weighted by molar-refractivity contribution is 8.00. The quantitative estimate of drug-likeness (QED) is 0.328. The first kappa shape index (κ1) is 21.1. The van der Waals surface area contributed by atoms with Crippen molar-refractivity contribution in [3.8, 4) is 0 Å². The van der Waals surface area contributed by atoms with Gasteiger partial charge in [-0.05, 0) is 60.1 Å². The number of rotatable bonds is 7. The maximum atomic E-state index is 13.4. The van der Waals surface area contributed by atoms with Gasteiger partial charge in [0.15, 0.2) is 11.0 Å². The number of anilines is 1. The zero-order valence-corrected chi connectivity index (χ0v) is 18.5. The molecule has 0 saturated carbocycles. The maximum absolute atomic E-state index is 13.4. The summed E-state index contributed by atoms with van der Waals surface area (Å²) in [6.45, 7) is 2.05. The van der Waals surface area contributed by atoms with Crippen LogP contribution in [0.1, 0.15) is 12.5 Å². The summed E-state index contributed by atoms with van der Waals surface area (Å²) in [7, 11) is -3.84. The van der Waals surface area contributed by atoms with Gasteiger partial charge < -0.3 is 5.32 Å². The van der Waals surface area contributed by atoms with Crippen molar-refractivity contribution in [3.05, 3.63) is 84.4 Å². The first-order chi connectivity index (χ1) is 15.0. The number of aromatic amines is 1. The molecule has 1 amide bonds. The molecule has 31 heavy (non-hydrogen) atoms. The monoisotopic (exact) mass is 452 g/mol. The highest BCUT2D eigenvalue weighted by atomic mass is 32.2. The molecule has 1 heterocycles. The number of thioether (sulfide) groups is 1. The second kappa shape index (κ2) is 8.95. The average molecular weight is 453 g/mol. The molecule has 0 bridgehead atoms. The molecule has 0 spiro atoms. The molecule has 0 unspecified atom stereocenters. The largest absolute Gasteiger partial charge is 0.336 e. The van der Waals surface area contributed by atoms with Gasteiger partial charge in [-0.2, -0.15) is 8.42 Å². The van der Waals surface area contributed by atoms with Crippen LogP contribution < -0.4 is 9.29 Å². The second-order valence-corrected chi connectivity index (χ2v) is 9.67. The van der Waals surface area contributed by atoms with Crippen LogP contribution >= 0.6 is 11.8 Å². The van der Waals surface area contributed by atoms with Crippen LogP contribution in [0.15, 0.2) is 88.9 Å². The van der Waals surface area contributed by atoms with Crippen molar-refractivity contribution in [1.29, 1.82) is 0 Å². The van der Waals surface area contributed by atoms with Crippen molar-refractivity contribution in [2.45, 2.75) is 23.4 Å². The molecule has 0 aliphatic rings. The molecule has 0 atom stereocenters. The Balaban J connectivity index is 1.62. The summed E-state index contributed by atoms with van der Waals surface area (Å²) < 4.78 is 28.0. The average Bonchev–Trinajstić information content (AvgIpc) is 3.17. The van der Waals surface area contributed by atoms with E-state index in [4.69, 9.17) is 0 Å². The molecular formula is C23H22N3O3S2+. The fraction of sp³-hybridized carbons (Fsp3) is 0.130. The fourth-order valence-corrected chi connectivity index (χ4v) is 5.85. The van der Waals surface area contributed by atoms with E-state index in [2.05, 4.69) is 17.2 Å². The Labute approximate surface area is 185 Å². The highest BCUT2D eigenvalue weighted by Gasteiger charge is 2.31. The standard InChI is InChI=1S/C23H21N3O3S2/c1-2-17-9-8-10-18(15-17)24-22(27)16-30-23-25-20-13-6-7-14-21(20)26(23)31(28,29)19-11-4-3-5-12-19/h3-15H,2,16H2,1H3,(H,24,27)/p+1. The third-order valence-corrected chi connectivity index (χ3v) is 7.60. The van der Waals surface area contributed by atoms with E-state index in [-0.39, 0.29) is 16.6 Å². The van der Waals surface area contributed by atoms with E-state index in [1.807, 2.05) is 36.4 Å². The summed E-state index contributed by atoms with van der Waals surface area (Å²) in [5.74, 6) is -0.145. The normalized spacial score (nSPS) is 11.5. The van der Waals surface area contributed by atoms with Crippen molar-refractivity contribution in [2.24, 2.45) is 0 Å². The number of H-pyrrole nitrogens is 1. The van der Waals surface area contributed by atoms with E-state index in [9.17, 15) is 13.2 Å². The molecule has 0 saturated heterocycles. The van der Waals surface area contributed by atoms with Gasteiger partial charge in [0.1, 0.15) is 4.90 Å². The number of nitrogens with zero attached hydrogens (tertiary/aromatic N) is 1. The summed E-state index contributed by atoms with van der Waals surface area (Å²) in [4.78, 5) is 15.9. The van der Waals surface area contributed by atoms with Gasteiger partial charge in [-0.3, -0.25) is 4.79 Å². The molecule has 4 aromatic rings. The van der Waals surface area contributed by atoms with Gasteiger partial charge in [0.2, 0.25) is 5.91 Å². The van der Waals surface area contributed by atoms with Crippen LogP contribution in [0.3, 0.4) is 0 Å². The lowest BCUT2D eigenvalue weighted by molar-refractivity contribution is -0.526. The van der Waals surface area contributed by atoms with Crippen molar-refractivity contribution in [2.75, 3.05) is 11.1 Å². The Kier molecular flexibility index (Phi) is 6.11. The number of aromatic nitrogens is 2. The summed E-state index contributed by atoms with van der Waals surface area (Å²) in [6.07, 6.45) is 0.880. The number of fused-ring (bicyclic) bond motifs is 1. The van der Waals surface area contributed by atoms with Gasteiger partial charge in [-0.1, -0.05) is 49.4 Å². The fourth-order valence-electron chi connectivity index (χ4n) is 3.26. The van der Waals surface area contributed by atoms with Crippen molar-refractivity contribution < 1.29 is 17.2 Å². The van der Waals surface area contributed by atoms with Gasteiger partial charge in [-0.15, -0.1) is 3.97 Å². The number of hydrogen-bond donors (Lipinski definition) is 2. The van der Waals surface area contributed by atoms with Gasteiger partial charge in [0.25, 0.3) is 0 Å². The molecule has 3 aromatic carbocycles. The molecule has 4 rings (SSSR count). The van der Waals surface area contributed by atoms with E-state index in [1.165, 1.54) is 3.97 Å². The lowest BCUT2D eigenvalue weighted by atomic mass is 10.1. The van der Waals surface area contributed by atoms with E-state index in [0.717, 1.165) is 29.4 Å². The number of para-hydroxylation sites is 2. The van der Waals surface area contributed by atoms with Gasteiger partial charge in [-0.25, -0.2) is 4.98 Å². The van der Waals surface area contributed by atoms with Crippen LogP contribution in [-0.4, -0.2) is 25.1 Å². The third kappa shape index (κ3) is 4.50. The molecule has 0 aliphatic heterocycles. The predicted octanol–water partition coefficient (Wildman–Crippen LogP) is 3.99. The molecule has 158 valence electrons. The number of amides is 1. The van der Waals surface area contributed by atoms with Crippen LogP contribution in [0, 0.1) is 0 Å². The van der Waals surface area contributed by atoms with Crippen molar-refractivity contribution >= 4 is 44.4 Å². The molecule has 8 heteroatoms. The van der Waals surface area contributed by atoms with Crippen molar-refractivity contribution in [3.63, 3.8) is 0 Å². The number of carbonyl (C=O) groups excluding carboxylic acids is 1. The molecular weight excluding hydrogens is 430 g/mol. The molecule has 0 radical (unpaired) electrons. The maximum Gasteiger partial charge on any atom is 0.336 e. The summed E-state index contributed by atoms with van der Waals surface area (Å²) in [5.41, 5.74) is 3.07. The Morgan fingerprint density at radius 3 is 2.52 bits per heavy atom. The minimum atomic E-state index is -3.84. The Bertz CT molecular complexity index is 1330. The number of aryl methyl sites for hydroxylation is 1. The topological polar surface area (TPSA) is 82.9 Å². The zero-order valence-electron chi connectivity index (χ0n) is 16.9. The van der Waals surface area contributed by atoms with E-state index in [1.54, 1.807) is 42.5 Å². The third-order valence-electron chi connectivity index (χ3n) is 4.79. The minimum Gasteiger partial charge on any atom is -0.325 e. The number of nitrogens with one attached hydrogen (secondary N) is 2. The highest BCUT2D eigenvalue weighted by Crippen LogP contribution is 2.22. The Hall–Kier alpha value is -3.10. The van der Waals surface area contributed by atoms with Gasteiger partial charge >= 0.3 is 15.2 Å². The Morgan fingerprint density at radius 2 is 1.74 bits per heavy atom. The summed E-state index contributed by atoms with van der Waals surface area (Å²) in [5, 5.41) is 3.26. The summed E-state index contributed by atoms with van der Waals surface area (Å²) in [6, 6.07) is 23.1. The van der Waals surface area contributed by atoms with E-state index < -0.39 is 10.0 Å². The number of hydrogen-bond acceptors (Lipinski definition) is 4. The molecule has 6 nitrogen and oxygen atoms in total. The first-order valence-corrected chi connectivity index (χ1v) is 12.3. The van der Waals surface area contributed by atoms with Crippen molar-refractivity contribution in [1.82, 2.24) is 4.98 Å². The smallest absolute Gasteiger partial charge is 0.325 e. The van der Waals surface area contributed by atoms with Gasteiger partial charge in [0, 0.05) is 5.69 Å². The molecule has 2 N–H and O–H groups in total. The Morgan fingerprint density at radius 1 is 1.00 bits per heavy atom. The molecule has 1 aromatic heterocycles. The molecule has 0 aliphatic carbocycles. The first-order valence-electron chi connectivity index (χ1n) is 9.84. The van der Waals surface area contributed by atoms with Crippen LogP contribution in [0.25, 0.3) is 11.0 Å². The van der Waals surface area contributed by atoms with Crippen LogP contribution in [0.5, 0.6) is 0 Å². The van der Waals surface area contributed by atoms with E-state index >= 15 is 0 Å². The van der Waals surface area contributed by atoms with E-state index in [0.29, 0.717) is 16.2 Å². The lowest BCUT2D eigenvalue weighted by Crippen LogP contribution is -2.44. The zero-order chi connectivity index (χ0) is 21.8. The number of carbonyl (C=O) groups is 1. The predicted molar refractivity (Wildman–Crippen MR) is 123 cm³/mol. The summed E-state index contributed by atoms with van der Waals surface area (Å²) >= 11 is 1.15. The number of imidazole rings is 1. The SMILES string of the molecule is CCc1cccc(NC(=O)CSc2[nH]c3ccccc3[n+]2S(=O)(=O)c2ccccc2)c1. The van der Waals surface area contributed by atoms with Crippen LogP contribution in [-0.2, 0) is 21.2 Å². The molecule has 0 fully saturated rings. The number of benzene rings is 3. The van der Waals surface area contributed by atoms with Crippen LogP contribution in [0.2, 0.25) is 0 Å².